The van der Waals surface area contributed by atoms with Crippen molar-refractivity contribution in [2.75, 3.05) is 0 Å². The first-order chi connectivity index (χ1) is 11.6. The molecule has 136 valence electrons. The van der Waals surface area contributed by atoms with E-state index in [1.165, 1.54) is 44.9 Å². The van der Waals surface area contributed by atoms with Crippen molar-refractivity contribution in [3.63, 3.8) is 0 Å². The van der Waals surface area contributed by atoms with Gasteiger partial charge in [-0.3, -0.25) is 4.79 Å². The third kappa shape index (κ3) is 9.19. The maximum Gasteiger partial charge on any atom is 0.189 e. The Hall–Kier alpha value is -1.19. The van der Waals surface area contributed by atoms with Crippen molar-refractivity contribution < 1.29 is 15.0 Å². The maximum atomic E-state index is 11.3. The molecule has 0 unspecified atom stereocenters. The summed E-state index contributed by atoms with van der Waals surface area (Å²) in [5.41, 5.74) is 0.544. The van der Waals surface area contributed by atoms with Gasteiger partial charge in [0.05, 0.1) is 0 Å². The van der Waals surface area contributed by atoms with E-state index in [9.17, 15) is 15.0 Å². The van der Waals surface area contributed by atoms with Crippen LogP contribution >= 0.6 is 0 Å². The second-order valence-electron chi connectivity index (χ2n) is 6.76. The van der Waals surface area contributed by atoms with Crippen LogP contribution < -0.4 is 0 Å². The summed E-state index contributed by atoms with van der Waals surface area (Å²) in [6, 6.07) is 8.81. The molecule has 24 heavy (non-hydrogen) atoms. The first-order valence-corrected chi connectivity index (χ1v) is 9.58. The third-order valence-corrected chi connectivity index (χ3v) is 4.64. The Bertz CT molecular complexity index is 426. The maximum absolute atomic E-state index is 11.3. The summed E-state index contributed by atoms with van der Waals surface area (Å²) >= 11 is 0. The molecule has 1 aliphatic rings. The summed E-state index contributed by atoms with van der Waals surface area (Å²) in [5.74, 6) is -1.16. The van der Waals surface area contributed by atoms with Crippen LogP contribution in [0.15, 0.2) is 30.3 Å². The van der Waals surface area contributed by atoms with Gasteiger partial charge in [0.25, 0.3) is 0 Å². The standard InChI is InChI=1S/C12H22O.C9H12O2/c13-12-10-8-6-4-2-1-3-5-7-9-11-12;1-2-9(10,11)8-6-4-3-5-7-8/h1-11H2;3-7,10-11H,2H2,1H3. The molecule has 1 aromatic carbocycles. The number of Topliss-reactive ketones (excluding diaryl/α,β-unsaturated/α-hetero) is 1. The van der Waals surface area contributed by atoms with Crippen LogP contribution in [-0.2, 0) is 10.6 Å². The molecule has 0 amide bonds. The molecule has 2 rings (SSSR count). The lowest BCUT2D eigenvalue weighted by Crippen LogP contribution is -2.23. The monoisotopic (exact) mass is 334 g/mol. The van der Waals surface area contributed by atoms with Crippen molar-refractivity contribution in [1.82, 2.24) is 0 Å². The van der Waals surface area contributed by atoms with Gasteiger partial charge in [0.15, 0.2) is 5.79 Å². The molecule has 1 saturated carbocycles. The molecule has 0 bridgehead atoms. The van der Waals surface area contributed by atoms with E-state index >= 15 is 0 Å². The summed E-state index contributed by atoms with van der Waals surface area (Å²) in [6.45, 7) is 1.73. The van der Waals surface area contributed by atoms with Gasteiger partial charge >= 0.3 is 0 Å². The van der Waals surface area contributed by atoms with Crippen LogP contribution in [0.25, 0.3) is 0 Å². The van der Waals surface area contributed by atoms with Crippen LogP contribution in [0.2, 0.25) is 0 Å². The molecule has 1 fully saturated rings. The third-order valence-electron chi connectivity index (χ3n) is 4.64. The zero-order valence-electron chi connectivity index (χ0n) is 15.2. The fourth-order valence-electron chi connectivity index (χ4n) is 2.92. The van der Waals surface area contributed by atoms with Gasteiger partial charge < -0.3 is 10.2 Å². The summed E-state index contributed by atoms with van der Waals surface area (Å²) in [6.07, 6.45) is 13.7. The Balaban J connectivity index is 0.000000243. The van der Waals surface area contributed by atoms with Crippen molar-refractivity contribution >= 4 is 5.78 Å². The highest BCUT2D eigenvalue weighted by Gasteiger charge is 2.21. The molecule has 3 nitrogen and oxygen atoms in total. The quantitative estimate of drug-likeness (QED) is 0.740. The van der Waals surface area contributed by atoms with Crippen LogP contribution in [0, 0.1) is 0 Å². The summed E-state index contributed by atoms with van der Waals surface area (Å²) in [7, 11) is 0. The van der Waals surface area contributed by atoms with Crippen molar-refractivity contribution in [2.24, 2.45) is 0 Å². The SMILES string of the molecule is CCC(O)(O)c1ccccc1.O=C1CCCCCCCCCCC1. The minimum absolute atomic E-state index is 0.303. The zero-order valence-corrected chi connectivity index (χ0v) is 15.2. The van der Waals surface area contributed by atoms with E-state index in [1.807, 2.05) is 6.07 Å². The second-order valence-corrected chi connectivity index (χ2v) is 6.76. The van der Waals surface area contributed by atoms with Gasteiger partial charge in [-0.1, -0.05) is 82.2 Å². The molecule has 0 saturated heterocycles. The van der Waals surface area contributed by atoms with E-state index in [0.29, 0.717) is 17.8 Å². The second kappa shape index (κ2) is 12.2. The number of hydrogen-bond acceptors (Lipinski definition) is 3. The van der Waals surface area contributed by atoms with Gasteiger partial charge in [-0.25, -0.2) is 0 Å². The average Bonchev–Trinajstić information content (AvgIpc) is 2.59. The first-order valence-electron chi connectivity index (χ1n) is 9.58. The molecule has 0 aromatic heterocycles. The molecular weight excluding hydrogens is 300 g/mol. The highest BCUT2D eigenvalue weighted by molar-refractivity contribution is 5.78. The average molecular weight is 335 g/mol. The van der Waals surface area contributed by atoms with E-state index in [2.05, 4.69) is 0 Å². The van der Waals surface area contributed by atoms with Crippen molar-refractivity contribution in [3.8, 4) is 0 Å². The first kappa shape index (κ1) is 20.9. The van der Waals surface area contributed by atoms with Crippen molar-refractivity contribution in [2.45, 2.75) is 89.8 Å². The van der Waals surface area contributed by atoms with Crippen LogP contribution in [0.5, 0.6) is 0 Å². The van der Waals surface area contributed by atoms with Gasteiger partial charge in [0.1, 0.15) is 5.78 Å². The number of ketones is 1. The van der Waals surface area contributed by atoms with E-state index in [0.717, 1.165) is 25.7 Å². The Labute approximate surface area is 147 Å². The minimum atomic E-state index is -1.67. The fourth-order valence-corrected chi connectivity index (χ4v) is 2.92. The normalized spacial score (nSPS) is 17.9. The van der Waals surface area contributed by atoms with E-state index in [4.69, 9.17) is 0 Å². The molecule has 0 spiro atoms. The molecule has 0 aliphatic heterocycles. The number of carbonyl (C=O) groups excluding carboxylic acids is 1. The van der Waals surface area contributed by atoms with E-state index in [-0.39, 0.29) is 0 Å². The van der Waals surface area contributed by atoms with E-state index < -0.39 is 5.79 Å². The number of benzene rings is 1. The van der Waals surface area contributed by atoms with Crippen LogP contribution in [0.4, 0.5) is 0 Å². The van der Waals surface area contributed by atoms with Crippen LogP contribution in [0.1, 0.15) is 89.5 Å². The van der Waals surface area contributed by atoms with Gasteiger partial charge in [-0.2, -0.15) is 0 Å². The largest absolute Gasteiger partial charge is 0.362 e. The topological polar surface area (TPSA) is 57.5 Å². The molecule has 0 radical (unpaired) electrons. The van der Waals surface area contributed by atoms with Gasteiger partial charge in [0, 0.05) is 24.8 Å². The predicted molar refractivity (Wildman–Crippen MR) is 98.6 cm³/mol. The lowest BCUT2D eigenvalue weighted by atomic mass is 10.0. The Morgan fingerprint density at radius 2 is 1.21 bits per heavy atom. The molecule has 3 heteroatoms. The van der Waals surface area contributed by atoms with Crippen LogP contribution in [-0.4, -0.2) is 16.0 Å². The highest BCUT2D eigenvalue weighted by atomic mass is 16.5. The Morgan fingerprint density at radius 3 is 1.62 bits per heavy atom. The molecule has 2 N–H and O–H groups in total. The smallest absolute Gasteiger partial charge is 0.189 e. The summed E-state index contributed by atoms with van der Waals surface area (Å²) < 4.78 is 0. The predicted octanol–water partition coefficient (Wildman–Crippen LogP) is 5.09. The number of hydrogen-bond donors (Lipinski definition) is 2. The molecule has 1 aromatic rings. The van der Waals surface area contributed by atoms with Gasteiger partial charge in [-0.15, -0.1) is 0 Å². The van der Waals surface area contributed by atoms with Gasteiger partial charge in [0.2, 0.25) is 0 Å². The Kier molecular flexibility index (Phi) is 10.6. The molecule has 0 atom stereocenters. The number of carbonyl (C=O) groups is 1. The lowest BCUT2D eigenvalue weighted by Gasteiger charge is -2.19. The Morgan fingerprint density at radius 1 is 0.792 bits per heavy atom. The molecular formula is C21H34O3. The fraction of sp³-hybridized carbons (Fsp3) is 0.667. The summed E-state index contributed by atoms with van der Waals surface area (Å²) in [5, 5.41) is 18.7. The van der Waals surface area contributed by atoms with Crippen molar-refractivity contribution in [1.29, 1.82) is 0 Å². The zero-order chi connectivity index (χ0) is 17.7. The molecule has 0 heterocycles. The van der Waals surface area contributed by atoms with Crippen LogP contribution in [0.3, 0.4) is 0 Å². The highest BCUT2D eigenvalue weighted by Crippen LogP contribution is 2.20. The summed E-state index contributed by atoms with van der Waals surface area (Å²) in [4.78, 5) is 11.3. The van der Waals surface area contributed by atoms with Gasteiger partial charge in [-0.05, 0) is 12.8 Å². The lowest BCUT2D eigenvalue weighted by molar-refractivity contribution is -0.171. The van der Waals surface area contributed by atoms with Crippen molar-refractivity contribution in [3.05, 3.63) is 35.9 Å². The molecule has 1 aliphatic carbocycles. The van der Waals surface area contributed by atoms with E-state index in [1.54, 1.807) is 31.2 Å². The number of rotatable bonds is 2. The minimum Gasteiger partial charge on any atom is -0.362 e. The number of aliphatic hydroxyl groups is 2.